The van der Waals surface area contributed by atoms with E-state index < -0.39 is 10.9 Å². The molecule has 1 aromatic rings. The van der Waals surface area contributed by atoms with Crippen molar-refractivity contribution in [2.45, 2.75) is 5.33 Å². The van der Waals surface area contributed by atoms with Crippen molar-refractivity contribution in [1.29, 1.82) is 0 Å². The maximum Gasteiger partial charge on any atom is 0.344 e. The van der Waals surface area contributed by atoms with E-state index >= 15 is 0 Å². The van der Waals surface area contributed by atoms with E-state index in [4.69, 9.17) is 11.6 Å². The van der Waals surface area contributed by atoms with Gasteiger partial charge in [-0.1, -0.05) is 27.5 Å². The number of benzene rings is 1. The van der Waals surface area contributed by atoms with Gasteiger partial charge in [0.15, 0.2) is 0 Å². The molecule has 1 rings (SSSR count). The molecule has 0 bridgehead atoms. The molecule has 5 nitrogen and oxygen atoms in total. The van der Waals surface area contributed by atoms with E-state index in [-0.39, 0.29) is 21.6 Å². The quantitative estimate of drug-likeness (QED) is 0.372. The molecule has 16 heavy (non-hydrogen) atoms. The predicted molar refractivity (Wildman–Crippen MR) is 62.1 cm³/mol. The molecule has 0 saturated heterocycles. The SMILES string of the molecule is COC(=O)c1cc(Cl)cc(CBr)c1[N+](=O)[O-]. The minimum atomic E-state index is -0.781. The van der Waals surface area contributed by atoms with Crippen LogP contribution in [0.25, 0.3) is 0 Å². The van der Waals surface area contributed by atoms with Crippen LogP contribution in [0.3, 0.4) is 0 Å². The standard InChI is InChI=1S/C9H7BrClNO4/c1-16-9(13)7-3-6(11)2-5(4-10)8(7)12(14)15/h2-3H,4H2,1H3. The summed E-state index contributed by atoms with van der Waals surface area (Å²) in [7, 11) is 1.15. The number of alkyl halides is 1. The van der Waals surface area contributed by atoms with E-state index in [0.29, 0.717) is 5.56 Å². The van der Waals surface area contributed by atoms with Crippen LogP contribution in [0.2, 0.25) is 5.02 Å². The van der Waals surface area contributed by atoms with Crippen LogP contribution in [-0.4, -0.2) is 18.0 Å². The van der Waals surface area contributed by atoms with Crippen LogP contribution in [0.5, 0.6) is 0 Å². The molecule has 1 aromatic carbocycles. The van der Waals surface area contributed by atoms with Crippen molar-refractivity contribution >= 4 is 39.2 Å². The van der Waals surface area contributed by atoms with Crippen molar-refractivity contribution < 1.29 is 14.5 Å². The van der Waals surface area contributed by atoms with Gasteiger partial charge in [0.2, 0.25) is 0 Å². The molecule has 0 aliphatic rings. The lowest BCUT2D eigenvalue weighted by Crippen LogP contribution is -2.07. The van der Waals surface area contributed by atoms with Crippen LogP contribution in [-0.2, 0) is 10.1 Å². The summed E-state index contributed by atoms with van der Waals surface area (Å²) in [5, 5.41) is 11.3. The molecular formula is C9H7BrClNO4. The maximum atomic E-state index is 11.4. The summed E-state index contributed by atoms with van der Waals surface area (Å²) in [5.41, 5.74) is -0.0968. The highest BCUT2D eigenvalue weighted by Crippen LogP contribution is 2.30. The first-order chi connectivity index (χ1) is 7.51. The fourth-order valence-corrected chi connectivity index (χ4v) is 1.91. The van der Waals surface area contributed by atoms with Gasteiger partial charge >= 0.3 is 5.97 Å². The van der Waals surface area contributed by atoms with Crippen molar-refractivity contribution in [2.24, 2.45) is 0 Å². The molecule has 0 amide bonds. The van der Waals surface area contributed by atoms with Crippen molar-refractivity contribution in [3.63, 3.8) is 0 Å². The molecule has 0 spiro atoms. The van der Waals surface area contributed by atoms with Gasteiger partial charge in [-0.2, -0.15) is 0 Å². The van der Waals surface area contributed by atoms with E-state index in [9.17, 15) is 14.9 Å². The number of hydrogen-bond donors (Lipinski definition) is 0. The first-order valence-corrected chi connectivity index (χ1v) is 5.62. The largest absolute Gasteiger partial charge is 0.465 e. The number of carbonyl (C=O) groups is 1. The van der Waals surface area contributed by atoms with E-state index in [2.05, 4.69) is 20.7 Å². The highest BCUT2D eigenvalue weighted by atomic mass is 79.9. The van der Waals surface area contributed by atoms with Crippen molar-refractivity contribution in [2.75, 3.05) is 7.11 Å². The minimum absolute atomic E-state index is 0.144. The van der Waals surface area contributed by atoms with Crippen LogP contribution in [0, 0.1) is 10.1 Å². The average Bonchev–Trinajstić information content (AvgIpc) is 2.26. The number of rotatable bonds is 3. The van der Waals surface area contributed by atoms with Gasteiger partial charge in [-0.05, 0) is 12.1 Å². The molecule has 0 saturated carbocycles. The first kappa shape index (κ1) is 12.9. The minimum Gasteiger partial charge on any atom is -0.465 e. The van der Waals surface area contributed by atoms with Crippen LogP contribution < -0.4 is 0 Å². The third-order valence-corrected chi connectivity index (χ3v) is 2.71. The highest BCUT2D eigenvalue weighted by Gasteiger charge is 2.25. The molecule has 0 atom stereocenters. The molecule has 0 aliphatic heterocycles. The Morgan fingerprint density at radius 1 is 1.62 bits per heavy atom. The van der Waals surface area contributed by atoms with Gasteiger partial charge in [0.25, 0.3) is 5.69 Å². The van der Waals surface area contributed by atoms with Crippen LogP contribution >= 0.6 is 27.5 Å². The average molecular weight is 309 g/mol. The Balaban J connectivity index is 3.50. The number of nitro groups is 1. The van der Waals surface area contributed by atoms with Gasteiger partial charge in [-0.25, -0.2) is 4.79 Å². The Kier molecular flexibility index (Phi) is 4.26. The van der Waals surface area contributed by atoms with Crippen molar-refractivity contribution in [1.82, 2.24) is 0 Å². The highest BCUT2D eigenvalue weighted by molar-refractivity contribution is 9.08. The maximum absolute atomic E-state index is 11.4. The van der Waals surface area contributed by atoms with Crippen molar-refractivity contribution in [3.05, 3.63) is 38.4 Å². The molecule has 0 radical (unpaired) electrons. The van der Waals surface area contributed by atoms with Crippen LogP contribution in [0.1, 0.15) is 15.9 Å². The summed E-state index contributed by atoms with van der Waals surface area (Å²) >= 11 is 8.86. The predicted octanol–water partition coefficient (Wildman–Crippen LogP) is 2.93. The second-order valence-electron chi connectivity index (χ2n) is 2.84. The summed E-state index contributed by atoms with van der Waals surface area (Å²) in [4.78, 5) is 21.6. The molecule has 7 heteroatoms. The number of ether oxygens (including phenoxy) is 1. The van der Waals surface area contributed by atoms with Gasteiger partial charge in [0.05, 0.1) is 12.0 Å². The van der Waals surface area contributed by atoms with Crippen LogP contribution in [0.4, 0.5) is 5.69 Å². The molecule has 0 N–H and O–H groups in total. The summed E-state index contributed by atoms with van der Waals surface area (Å²) in [6, 6.07) is 2.65. The molecule has 0 fully saturated rings. The zero-order valence-electron chi connectivity index (χ0n) is 8.20. The summed E-state index contributed by atoms with van der Waals surface area (Å²) in [6.07, 6.45) is 0. The Bertz CT molecular complexity index is 449. The number of hydrogen-bond acceptors (Lipinski definition) is 4. The Morgan fingerprint density at radius 2 is 2.25 bits per heavy atom. The zero-order chi connectivity index (χ0) is 12.3. The topological polar surface area (TPSA) is 69.4 Å². The zero-order valence-corrected chi connectivity index (χ0v) is 10.5. The number of carbonyl (C=O) groups excluding carboxylic acids is 1. The first-order valence-electron chi connectivity index (χ1n) is 4.12. The smallest absolute Gasteiger partial charge is 0.344 e. The third-order valence-electron chi connectivity index (χ3n) is 1.89. The lowest BCUT2D eigenvalue weighted by atomic mass is 10.1. The lowest BCUT2D eigenvalue weighted by Gasteiger charge is -2.05. The number of methoxy groups -OCH3 is 1. The van der Waals surface area contributed by atoms with Gasteiger partial charge in [0.1, 0.15) is 5.56 Å². The number of halogens is 2. The monoisotopic (exact) mass is 307 g/mol. The van der Waals surface area contributed by atoms with Gasteiger partial charge in [0, 0.05) is 15.9 Å². The Labute approximate surface area is 105 Å². The second-order valence-corrected chi connectivity index (χ2v) is 3.84. The number of nitro benzene ring substituents is 1. The fourth-order valence-electron chi connectivity index (χ4n) is 1.24. The molecule has 86 valence electrons. The number of esters is 1. The van der Waals surface area contributed by atoms with Crippen LogP contribution in [0.15, 0.2) is 12.1 Å². The Morgan fingerprint density at radius 3 is 2.69 bits per heavy atom. The Hall–Kier alpha value is -1.14. The summed E-state index contributed by atoms with van der Waals surface area (Å²) < 4.78 is 4.46. The number of nitrogens with zero attached hydrogens (tertiary/aromatic N) is 1. The van der Waals surface area contributed by atoms with E-state index in [1.165, 1.54) is 12.1 Å². The van der Waals surface area contributed by atoms with Gasteiger partial charge < -0.3 is 4.74 Å². The van der Waals surface area contributed by atoms with Crippen molar-refractivity contribution in [3.8, 4) is 0 Å². The summed E-state index contributed by atoms with van der Waals surface area (Å²) in [5.74, 6) is -0.781. The normalized spacial score (nSPS) is 9.94. The molecule has 0 aromatic heterocycles. The molecule has 0 heterocycles. The third kappa shape index (κ3) is 2.51. The second kappa shape index (κ2) is 5.27. The van der Waals surface area contributed by atoms with Gasteiger partial charge in [-0.3, -0.25) is 10.1 Å². The lowest BCUT2D eigenvalue weighted by molar-refractivity contribution is -0.385. The summed E-state index contributed by atoms with van der Waals surface area (Å²) in [6.45, 7) is 0. The van der Waals surface area contributed by atoms with E-state index in [0.717, 1.165) is 7.11 Å². The molecule has 0 unspecified atom stereocenters. The van der Waals surface area contributed by atoms with E-state index in [1.807, 2.05) is 0 Å². The van der Waals surface area contributed by atoms with Gasteiger partial charge in [-0.15, -0.1) is 0 Å². The molecular weight excluding hydrogens is 301 g/mol. The van der Waals surface area contributed by atoms with E-state index in [1.54, 1.807) is 0 Å². The fraction of sp³-hybridized carbons (Fsp3) is 0.222. The molecule has 0 aliphatic carbocycles.